The van der Waals surface area contributed by atoms with Gasteiger partial charge in [-0.3, -0.25) is 9.69 Å². The van der Waals surface area contributed by atoms with Crippen molar-refractivity contribution < 1.29 is 19.5 Å². The highest BCUT2D eigenvalue weighted by molar-refractivity contribution is 6.01. The SMILES string of the molecule is Cc1c(C(=O)N(C)C(C)C(=O)O)cccc1N1CCNC1=O. The summed E-state index contributed by atoms with van der Waals surface area (Å²) in [7, 11) is 1.45. The Morgan fingerprint density at radius 1 is 1.41 bits per heavy atom. The first-order valence-corrected chi connectivity index (χ1v) is 6.99. The number of benzene rings is 1. The lowest BCUT2D eigenvalue weighted by Crippen LogP contribution is -2.40. The fourth-order valence-corrected chi connectivity index (χ4v) is 2.38. The van der Waals surface area contributed by atoms with E-state index in [4.69, 9.17) is 5.11 Å². The third-order valence-electron chi connectivity index (χ3n) is 3.94. The van der Waals surface area contributed by atoms with Crippen LogP contribution in [0.15, 0.2) is 18.2 Å². The number of anilines is 1. The molecule has 0 bridgehead atoms. The lowest BCUT2D eigenvalue weighted by atomic mass is 10.0. The van der Waals surface area contributed by atoms with Crippen LogP contribution in [0.1, 0.15) is 22.8 Å². The maximum atomic E-state index is 12.5. The van der Waals surface area contributed by atoms with E-state index in [1.807, 2.05) is 0 Å². The Kier molecular flexibility index (Phi) is 4.35. The van der Waals surface area contributed by atoms with Gasteiger partial charge in [-0.05, 0) is 31.5 Å². The number of carbonyl (C=O) groups excluding carboxylic acids is 2. The van der Waals surface area contributed by atoms with Crippen LogP contribution in [0.5, 0.6) is 0 Å². The van der Waals surface area contributed by atoms with Crippen molar-refractivity contribution in [2.24, 2.45) is 0 Å². The lowest BCUT2D eigenvalue weighted by Gasteiger charge is -2.24. The van der Waals surface area contributed by atoms with Crippen LogP contribution in [-0.4, -0.2) is 54.1 Å². The molecule has 1 heterocycles. The molecule has 2 rings (SSSR count). The van der Waals surface area contributed by atoms with Crippen molar-refractivity contribution in [1.82, 2.24) is 10.2 Å². The Labute approximate surface area is 128 Å². The Morgan fingerprint density at radius 2 is 2.09 bits per heavy atom. The molecule has 0 aromatic heterocycles. The van der Waals surface area contributed by atoms with E-state index in [1.165, 1.54) is 18.9 Å². The molecule has 0 radical (unpaired) electrons. The van der Waals surface area contributed by atoms with E-state index < -0.39 is 12.0 Å². The van der Waals surface area contributed by atoms with Gasteiger partial charge >= 0.3 is 12.0 Å². The van der Waals surface area contributed by atoms with E-state index in [9.17, 15) is 14.4 Å². The van der Waals surface area contributed by atoms with Crippen molar-refractivity contribution in [3.63, 3.8) is 0 Å². The molecule has 1 atom stereocenters. The molecule has 1 fully saturated rings. The van der Waals surface area contributed by atoms with E-state index in [1.54, 1.807) is 30.0 Å². The second kappa shape index (κ2) is 6.05. The Balaban J connectivity index is 2.34. The Hall–Kier alpha value is -2.57. The normalized spacial score (nSPS) is 15.4. The number of urea groups is 1. The van der Waals surface area contributed by atoms with Crippen LogP contribution >= 0.6 is 0 Å². The van der Waals surface area contributed by atoms with Crippen LogP contribution in [0.2, 0.25) is 0 Å². The standard InChI is InChI=1S/C15H19N3O4/c1-9-11(13(19)17(3)10(2)14(20)21)5-4-6-12(9)18-8-7-16-15(18)22/h4-6,10H,7-8H2,1-3H3,(H,16,22)(H,20,21). The predicted octanol–water partition coefficient (Wildman–Crippen LogP) is 1.07. The van der Waals surface area contributed by atoms with E-state index >= 15 is 0 Å². The van der Waals surface area contributed by atoms with Crippen molar-refractivity contribution in [2.45, 2.75) is 19.9 Å². The van der Waals surface area contributed by atoms with Gasteiger partial charge in [0.05, 0.1) is 0 Å². The number of hydrogen-bond acceptors (Lipinski definition) is 3. The van der Waals surface area contributed by atoms with Gasteiger partial charge in [-0.2, -0.15) is 0 Å². The molecule has 1 saturated heterocycles. The number of aliphatic carboxylic acids is 1. The zero-order chi connectivity index (χ0) is 16.4. The quantitative estimate of drug-likeness (QED) is 0.870. The van der Waals surface area contributed by atoms with Gasteiger partial charge in [0.2, 0.25) is 0 Å². The number of carboxylic acid groups (broad SMARTS) is 1. The second-order valence-corrected chi connectivity index (χ2v) is 5.26. The first-order valence-electron chi connectivity index (χ1n) is 6.99. The molecule has 1 aromatic carbocycles. The Morgan fingerprint density at radius 3 is 2.64 bits per heavy atom. The summed E-state index contributed by atoms with van der Waals surface area (Å²) in [6, 6.07) is 3.99. The van der Waals surface area contributed by atoms with Gasteiger partial charge in [-0.25, -0.2) is 9.59 Å². The third kappa shape index (κ3) is 2.74. The van der Waals surface area contributed by atoms with Gasteiger partial charge in [-0.1, -0.05) is 6.07 Å². The summed E-state index contributed by atoms with van der Waals surface area (Å²) in [6.45, 7) is 4.31. The fraction of sp³-hybridized carbons (Fsp3) is 0.400. The van der Waals surface area contributed by atoms with Gasteiger partial charge in [-0.15, -0.1) is 0 Å². The molecule has 118 valence electrons. The number of carboxylic acids is 1. The largest absolute Gasteiger partial charge is 0.480 e. The first kappa shape index (κ1) is 15.8. The summed E-state index contributed by atoms with van der Waals surface area (Å²) in [5.41, 5.74) is 1.72. The Bertz CT molecular complexity index is 629. The van der Waals surface area contributed by atoms with Gasteiger partial charge in [0.25, 0.3) is 5.91 Å². The van der Waals surface area contributed by atoms with Gasteiger partial charge < -0.3 is 15.3 Å². The maximum absolute atomic E-state index is 12.5. The molecule has 3 amide bonds. The highest BCUT2D eigenvalue weighted by Gasteiger charge is 2.27. The van der Waals surface area contributed by atoms with E-state index in [2.05, 4.69) is 5.32 Å². The van der Waals surface area contributed by atoms with Crippen LogP contribution in [-0.2, 0) is 4.79 Å². The fourth-order valence-electron chi connectivity index (χ4n) is 2.38. The summed E-state index contributed by atoms with van der Waals surface area (Å²) >= 11 is 0. The number of likely N-dealkylation sites (N-methyl/N-ethyl adjacent to an activating group) is 1. The van der Waals surface area contributed by atoms with Crippen LogP contribution < -0.4 is 10.2 Å². The summed E-state index contributed by atoms with van der Waals surface area (Å²) < 4.78 is 0. The predicted molar refractivity (Wildman–Crippen MR) is 81.1 cm³/mol. The van der Waals surface area contributed by atoms with E-state index in [0.29, 0.717) is 29.9 Å². The molecule has 1 aromatic rings. The van der Waals surface area contributed by atoms with Crippen molar-refractivity contribution in [2.75, 3.05) is 25.0 Å². The monoisotopic (exact) mass is 305 g/mol. The number of nitrogens with zero attached hydrogens (tertiary/aromatic N) is 2. The molecule has 7 heteroatoms. The van der Waals surface area contributed by atoms with Crippen molar-refractivity contribution >= 4 is 23.6 Å². The smallest absolute Gasteiger partial charge is 0.326 e. The van der Waals surface area contributed by atoms with Crippen LogP contribution in [0.4, 0.5) is 10.5 Å². The molecule has 22 heavy (non-hydrogen) atoms. The summed E-state index contributed by atoms with van der Waals surface area (Å²) in [6.07, 6.45) is 0. The zero-order valence-corrected chi connectivity index (χ0v) is 12.8. The number of nitrogens with one attached hydrogen (secondary N) is 1. The second-order valence-electron chi connectivity index (χ2n) is 5.26. The van der Waals surface area contributed by atoms with Crippen LogP contribution in [0, 0.1) is 6.92 Å². The van der Waals surface area contributed by atoms with Gasteiger partial charge in [0, 0.05) is 31.4 Å². The molecule has 0 aliphatic carbocycles. The third-order valence-corrected chi connectivity index (χ3v) is 3.94. The number of rotatable bonds is 4. The van der Waals surface area contributed by atoms with E-state index in [-0.39, 0.29) is 11.9 Å². The average molecular weight is 305 g/mol. The molecule has 0 saturated carbocycles. The van der Waals surface area contributed by atoms with E-state index in [0.717, 1.165) is 0 Å². The summed E-state index contributed by atoms with van der Waals surface area (Å²) in [5.74, 6) is -1.45. The number of carbonyl (C=O) groups is 3. The molecule has 1 aliphatic heterocycles. The molecule has 7 nitrogen and oxygen atoms in total. The molecular formula is C15H19N3O4. The first-order chi connectivity index (χ1) is 10.3. The maximum Gasteiger partial charge on any atom is 0.326 e. The molecule has 2 N–H and O–H groups in total. The number of hydrogen-bond donors (Lipinski definition) is 2. The molecular weight excluding hydrogens is 286 g/mol. The molecule has 1 unspecified atom stereocenters. The topological polar surface area (TPSA) is 89.9 Å². The molecule has 0 spiro atoms. The highest BCUT2D eigenvalue weighted by atomic mass is 16.4. The molecule has 1 aliphatic rings. The van der Waals surface area contributed by atoms with Crippen molar-refractivity contribution in [3.05, 3.63) is 29.3 Å². The zero-order valence-electron chi connectivity index (χ0n) is 12.8. The van der Waals surface area contributed by atoms with Gasteiger partial charge in [0.1, 0.15) is 6.04 Å². The summed E-state index contributed by atoms with van der Waals surface area (Å²) in [4.78, 5) is 38.1. The minimum absolute atomic E-state index is 0.194. The van der Waals surface area contributed by atoms with Crippen molar-refractivity contribution in [1.29, 1.82) is 0 Å². The van der Waals surface area contributed by atoms with Crippen LogP contribution in [0.3, 0.4) is 0 Å². The van der Waals surface area contributed by atoms with Crippen molar-refractivity contribution in [3.8, 4) is 0 Å². The average Bonchev–Trinajstić information content (AvgIpc) is 2.91. The van der Waals surface area contributed by atoms with Gasteiger partial charge in [0.15, 0.2) is 0 Å². The lowest BCUT2D eigenvalue weighted by molar-refractivity contribution is -0.141. The minimum Gasteiger partial charge on any atom is -0.480 e. The summed E-state index contributed by atoms with van der Waals surface area (Å²) in [5, 5.41) is 11.7. The van der Waals surface area contributed by atoms with Crippen LogP contribution in [0.25, 0.3) is 0 Å². The highest BCUT2D eigenvalue weighted by Crippen LogP contribution is 2.25. The minimum atomic E-state index is -1.07. The number of amides is 3.